The van der Waals surface area contributed by atoms with E-state index in [2.05, 4.69) is 6.42 Å². The van der Waals surface area contributed by atoms with Gasteiger partial charge in [0.15, 0.2) is 0 Å². The van der Waals surface area contributed by atoms with E-state index in [-0.39, 0.29) is 0 Å². The number of hydrogen-bond acceptors (Lipinski definition) is 1. The van der Waals surface area contributed by atoms with Crippen molar-refractivity contribution in [3.05, 3.63) is 6.42 Å². The molecule has 1 radical (unpaired) electrons. The van der Waals surface area contributed by atoms with Crippen molar-refractivity contribution in [2.24, 2.45) is 11.7 Å². The average Bonchev–Trinajstić information content (AvgIpc) is 2.14. The molecule has 0 amide bonds. The summed E-state index contributed by atoms with van der Waals surface area (Å²) in [5.74, 6) is 0.750. The fourth-order valence-corrected chi connectivity index (χ4v) is 1.07. The lowest BCUT2D eigenvalue weighted by atomic mass is 10.1. The quantitative estimate of drug-likeness (QED) is 0.519. The topological polar surface area (TPSA) is 26.0 Å². The van der Waals surface area contributed by atoms with Gasteiger partial charge < -0.3 is 5.73 Å². The third kappa shape index (κ3) is 1.16. The highest BCUT2D eigenvalue weighted by atomic mass is 14.5. The second-order valence-corrected chi connectivity index (χ2v) is 2.16. The van der Waals surface area contributed by atoms with Crippen LogP contribution in [0.3, 0.4) is 0 Å². The molecule has 0 aromatic carbocycles. The maximum absolute atomic E-state index is 5.40. The zero-order valence-corrected chi connectivity index (χ0v) is 4.56. The maximum atomic E-state index is 5.40. The summed E-state index contributed by atoms with van der Waals surface area (Å²) in [6.45, 7) is 0.861. The van der Waals surface area contributed by atoms with E-state index in [9.17, 15) is 0 Å². The van der Waals surface area contributed by atoms with Crippen molar-refractivity contribution in [1.82, 2.24) is 0 Å². The molecule has 0 spiro atoms. The van der Waals surface area contributed by atoms with Crippen LogP contribution in [0.1, 0.15) is 19.3 Å². The van der Waals surface area contributed by atoms with Crippen molar-refractivity contribution in [3.8, 4) is 0 Å². The molecule has 1 aliphatic carbocycles. The highest BCUT2D eigenvalue weighted by molar-refractivity contribution is 4.83. The van der Waals surface area contributed by atoms with Crippen LogP contribution in [-0.2, 0) is 0 Å². The molecule has 1 heteroatoms. The smallest absolute Gasteiger partial charge is 0.00461 e. The molecule has 1 aliphatic rings. The highest BCUT2D eigenvalue weighted by Gasteiger charge is 2.11. The predicted molar refractivity (Wildman–Crippen MR) is 30.7 cm³/mol. The van der Waals surface area contributed by atoms with Crippen LogP contribution in [0.25, 0.3) is 0 Å². The average molecular weight is 98.2 g/mol. The first kappa shape index (κ1) is 5.10. The molecule has 1 atom stereocenters. The molecule has 0 aromatic heterocycles. The lowest BCUT2D eigenvalue weighted by molar-refractivity contribution is 0.635. The van der Waals surface area contributed by atoms with E-state index < -0.39 is 0 Å². The molecule has 7 heavy (non-hydrogen) atoms. The lowest BCUT2D eigenvalue weighted by Gasteiger charge is -1.99. The molecule has 0 heterocycles. The van der Waals surface area contributed by atoms with Crippen LogP contribution in [0.5, 0.6) is 0 Å². The molecule has 0 aromatic rings. The molecule has 41 valence electrons. The van der Waals surface area contributed by atoms with Gasteiger partial charge in [0.25, 0.3) is 0 Å². The van der Waals surface area contributed by atoms with Gasteiger partial charge in [0.1, 0.15) is 0 Å². The summed E-state index contributed by atoms with van der Waals surface area (Å²) in [4.78, 5) is 0. The molecule has 0 bridgehead atoms. The van der Waals surface area contributed by atoms with Gasteiger partial charge in [-0.05, 0) is 31.7 Å². The zero-order valence-electron chi connectivity index (χ0n) is 4.56. The maximum Gasteiger partial charge on any atom is -0.00461 e. The Kier molecular flexibility index (Phi) is 1.69. The minimum absolute atomic E-state index is 0.750. The normalized spacial score (nSPS) is 23.6. The van der Waals surface area contributed by atoms with Gasteiger partial charge in [-0.2, -0.15) is 0 Å². The van der Waals surface area contributed by atoms with Gasteiger partial charge in [0.2, 0.25) is 0 Å². The summed E-state index contributed by atoms with van der Waals surface area (Å²) in [5.41, 5.74) is 5.40. The summed E-state index contributed by atoms with van der Waals surface area (Å²) in [5, 5.41) is 0. The van der Waals surface area contributed by atoms with E-state index in [0.29, 0.717) is 0 Å². The molecule has 2 N–H and O–H groups in total. The van der Waals surface area contributed by atoms with Gasteiger partial charge in [-0.1, -0.05) is 6.42 Å². The van der Waals surface area contributed by atoms with E-state index in [4.69, 9.17) is 5.73 Å². The Morgan fingerprint density at radius 3 is 2.86 bits per heavy atom. The lowest BCUT2D eigenvalue weighted by Crippen LogP contribution is -2.09. The first-order valence-corrected chi connectivity index (χ1v) is 2.97. The Morgan fingerprint density at radius 1 is 1.71 bits per heavy atom. The molecule has 1 unspecified atom stereocenters. The third-order valence-electron chi connectivity index (χ3n) is 1.58. The largest absolute Gasteiger partial charge is 0.330 e. The summed E-state index contributed by atoms with van der Waals surface area (Å²) in [6, 6.07) is 0. The van der Waals surface area contributed by atoms with Gasteiger partial charge in [-0.25, -0.2) is 0 Å². The Balaban J connectivity index is 2.14. The number of hydrogen-bond donors (Lipinski definition) is 1. The molecular weight excluding hydrogens is 86.1 g/mol. The van der Waals surface area contributed by atoms with Gasteiger partial charge in [-0.15, -0.1) is 0 Å². The Bertz CT molecular complexity index is 46.1. The summed E-state index contributed by atoms with van der Waals surface area (Å²) in [6.07, 6.45) is 6.32. The standard InChI is InChI=1S/C6H12N/c7-5-6-3-1-2-4-6/h3,6H,1-2,4-5,7H2. The van der Waals surface area contributed by atoms with Crippen LogP contribution in [0.2, 0.25) is 0 Å². The minimum Gasteiger partial charge on any atom is -0.330 e. The van der Waals surface area contributed by atoms with Crippen LogP contribution < -0.4 is 5.73 Å². The van der Waals surface area contributed by atoms with Gasteiger partial charge in [-0.3, -0.25) is 0 Å². The summed E-state index contributed by atoms with van der Waals surface area (Å²) in [7, 11) is 0. The predicted octanol–water partition coefficient (Wildman–Crippen LogP) is 0.949. The number of rotatable bonds is 1. The second kappa shape index (κ2) is 2.31. The van der Waals surface area contributed by atoms with Crippen molar-refractivity contribution in [2.45, 2.75) is 19.3 Å². The molecule has 1 saturated carbocycles. The first-order valence-electron chi connectivity index (χ1n) is 2.97. The van der Waals surface area contributed by atoms with Crippen LogP contribution in [0.15, 0.2) is 0 Å². The Hall–Kier alpha value is -0.0400. The first-order chi connectivity index (χ1) is 3.43. The number of nitrogens with two attached hydrogens (primary N) is 1. The van der Waals surface area contributed by atoms with E-state index in [1.54, 1.807) is 0 Å². The molecular formula is C6H12N. The van der Waals surface area contributed by atoms with Crippen molar-refractivity contribution < 1.29 is 0 Å². The van der Waals surface area contributed by atoms with Crippen LogP contribution in [0, 0.1) is 12.3 Å². The van der Waals surface area contributed by atoms with E-state index in [0.717, 1.165) is 12.5 Å². The zero-order chi connectivity index (χ0) is 5.11. The second-order valence-electron chi connectivity index (χ2n) is 2.16. The van der Waals surface area contributed by atoms with Crippen LogP contribution in [0.4, 0.5) is 0 Å². The molecule has 1 nitrogen and oxygen atoms in total. The Labute approximate surface area is 44.9 Å². The fraction of sp³-hybridized carbons (Fsp3) is 0.833. The summed E-state index contributed by atoms with van der Waals surface area (Å²) >= 11 is 0. The van der Waals surface area contributed by atoms with Gasteiger partial charge >= 0.3 is 0 Å². The monoisotopic (exact) mass is 98.1 g/mol. The van der Waals surface area contributed by atoms with Crippen molar-refractivity contribution in [2.75, 3.05) is 6.54 Å². The molecule has 0 aliphatic heterocycles. The van der Waals surface area contributed by atoms with Crippen molar-refractivity contribution in [3.63, 3.8) is 0 Å². The highest BCUT2D eigenvalue weighted by Crippen LogP contribution is 2.21. The van der Waals surface area contributed by atoms with E-state index in [1.165, 1.54) is 19.3 Å². The minimum atomic E-state index is 0.750. The van der Waals surface area contributed by atoms with Crippen LogP contribution >= 0.6 is 0 Å². The van der Waals surface area contributed by atoms with Crippen LogP contribution in [-0.4, -0.2) is 6.54 Å². The molecule has 0 saturated heterocycles. The molecule has 1 rings (SSSR count). The summed E-state index contributed by atoms with van der Waals surface area (Å²) < 4.78 is 0. The third-order valence-corrected chi connectivity index (χ3v) is 1.58. The SMILES string of the molecule is NCC1[CH]CCC1. The van der Waals surface area contributed by atoms with Crippen molar-refractivity contribution in [1.29, 1.82) is 0 Å². The van der Waals surface area contributed by atoms with E-state index in [1.807, 2.05) is 0 Å². The van der Waals surface area contributed by atoms with Gasteiger partial charge in [0.05, 0.1) is 0 Å². The molecule has 1 fully saturated rings. The Morgan fingerprint density at radius 2 is 2.57 bits per heavy atom. The van der Waals surface area contributed by atoms with E-state index >= 15 is 0 Å². The van der Waals surface area contributed by atoms with Crippen molar-refractivity contribution >= 4 is 0 Å². The van der Waals surface area contributed by atoms with Gasteiger partial charge in [0, 0.05) is 0 Å². The fourth-order valence-electron chi connectivity index (χ4n) is 1.07.